The Labute approximate surface area is 240 Å². The molecular formula is C29H30N4O9. The Morgan fingerprint density at radius 1 is 0.643 bits per heavy atom. The Bertz CT molecular complexity index is 1280. The van der Waals surface area contributed by atoms with E-state index in [4.69, 9.17) is 9.47 Å². The van der Waals surface area contributed by atoms with Crippen LogP contribution in [0.4, 0.5) is 0 Å². The van der Waals surface area contributed by atoms with E-state index in [0.29, 0.717) is 12.1 Å². The highest BCUT2D eigenvalue weighted by Crippen LogP contribution is 2.16. The third kappa shape index (κ3) is 8.10. The minimum absolute atomic E-state index is 0.0805. The molecule has 2 fully saturated rings. The summed E-state index contributed by atoms with van der Waals surface area (Å²) in [6.07, 6.45) is 2.28. The van der Waals surface area contributed by atoms with Gasteiger partial charge in [0.05, 0.1) is 6.04 Å². The number of amides is 3. The standard InChI is InChI=1S/C29H30N4O9/c1-16-21(12-17-2-6-19(34)7-3-17)31-28(39)23(30-16)14-41-25(36)10-11-26(37)42-15-24-29(40)32-22(27(38)33-24)13-18-4-8-20(35)9-5-18/h2-11,21-24,30,34-35H,1,12-15H2,(H,31,39)(H,32,40)(H,33,38)/b11-10+/t21-,22-,23-,24-/m0/s1. The number of carbonyl (C=O) groups excluding carboxylic acids is 5. The molecule has 0 unspecified atom stereocenters. The number of ether oxygens (including phenoxy) is 2. The van der Waals surface area contributed by atoms with Gasteiger partial charge in [-0.2, -0.15) is 0 Å². The van der Waals surface area contributed by atoms with Gasteiger partial charge in [-0.3, -0.25) is 14.4 Å². The molecule has 0 bridgehead atoms. The van der Waals surface area contributed by atoms with Crippen molar-refractivity contribution < 1.29 is 43.7 Å². The molecule has 2 aromatic carbocycles. The molecule has 220 valence electrons. The monoisotopic (exact) mass is 578 g/mol. The second kappa shape index (κ2) is 13.4. The summed E-state index contributed by atoms with van der Waals surface area (Å²) in [6, 6.07) is 9.54. The van der Waals surface area contributed by atoms with Crippen LogP contribution in [-0.2, 0) is 46.3 Å². The van der Waals surface area contributed by atoms with Crippen LogP contribution in [0.3, 0.4) is 0 Å². The van der Waals surface area contributed by atoms with Crippen molar-refractivity contribution in [3.63, 3.8) is 0 Å². The first-order valence-electron chi connectivity index (χ1n) is 13.0. The molecule has 42 heavy (non-hydrogen) atoms. The van der Waals surface area contributed by atoms with Crippen molar-refractivity contribution in [2.75, 3.05) is 13.2 Å². The van der Waals surface area contributed by atoms with Crippen LogP contribution < -0.4 is 21.3 Å². The molecule has 2 heterocycles. The highest BCUT2D eigenvalue weighted by Gasteiger charge is 2.34. The van der Waals surface area contributed by atoms with Crippen molar-refractivity contribution >= 4 is 29.7 Å². The van der Waals surface area contributed by atoms with Crippen molar-refractivity contribution in [1.29, 1.82) is 0 Å². The van der Waals surface area contributed by atoms with Gasteiger partial charge in [-0.15, -0.1) is 0 Å². The number of hydrogen-bond donors (Lipinski definition) is 6. The second-order valence-corrected chi connectivity index (χ2v) is 9.74. The molecule has 3 amide bonds. The van der Waals surface area contributed by atoms with E-state index < -0.39 is 60.4 Å². The minimum atomic E-state index is -1.11. The Balaban J connectivity index is 1.16. The molecule has 2 aromatic rings. The van der Waals surface area contributed by atoms with Gasteiger partial charge in [0.15, 0.2) is 0 Å². The largest absolute Gasteiger partial charge is 0.508 e. The van der Waals surface area contributed by atoms with Crippen molar-refractivity contribution in [2.45, 2.75) is 37.0 Å². The topological polar surface area (TPSA) is 192 Å². The van der Waals surface area contributed by atoms with Gasteiger partial charge in [0.1, 0.15) is 42.8 Å². The number of nitrogens with one attached hydrogen (secondary N) is 4. The number of phenols is 2. The first-order chi connectivity index (χ1) is 20.1. The lowest BCUT2D eigenvalue weighted by Gasteiger charge is -2.32. The quantitative estimate of drug-likeness (QED) is 0.158. The van der Waals surface area contributed by atoms with Crippen LogP contribution in [0.2, 0.25) is 0 Å². The van der Waals surface area contributed by atoms with Gasteiger partial charge in [-0.05, 0) is 41.8 Å². The Morgan fingerprint density at radius 3 is 1.52 bits per heavy atom. The van der Waals surface area contributed by atoms with Crippen LogP contribution in [0.1, 0.15) is 11.1 Å². The lowest BCUT2D eigenvalue weighted by molar-refractivity contribution is -0.145. The van der Waals surface area contributed by atoms with Gasteiger partial charge in [-0.25, -0.2) is 9.59 Å². The van der Waals surface area contributed by atoms with E-state index in [2.05, 4.69) is 27.8 Å². The summed E-state index contributed by atoms with van der Waals surface area (Å²) < 4.78 is 10.0. The average Bonchev–Trinajstić information content (AvgIpc) is 2.96. The molecule has 0 aromatic heterocycles. The molecule has 4 atom stereocenters. The van der Waals surface area contributed by atoms with E-state index in [1.807, 2.05) is 0 Å². The molecule has 2 saturated heterocycles. The number of carbonyl (C=O) groups is 5. The van der Waals surface area contributed by atoms with E-state index in [9.17, 15) is 34.2 Å². The molecule has 4 rings (SSSR count). The van der Waals surface area contributed by atoms with E-state index in [0.717, 1.165) is 23.3 Å². The van der Waals surface area contributed by atoms with Gasteiger partial charge in [0.25, 0.3) is 0 Å². The summed E-state index contributed by atoms with van der Waals surface area (Å²) in [5, 5.41) is 29.6. The molecular weight excluding hydrogens is 548 g/mol. The van der Waals surface area contributed by atoms with Crippen molar-refractivity contribution in [1.82, 2.24) is 21.3 Å². The first kappa shape index (κ1) is 29.6. The van der Waals surface area contributed by atoms with Crippen LogP contribution in [0.15, 0.2) is 73.0 Å². The van der Waals surface area contributed by atoms with Gasteiger partial charge in [0, 0.05) is 24.3 Å². The number of rotatable bonds is 10. The molecule has 13 heteroatoms. The fourth-order valence-electron chi connectivity index (χ4n) is 4.28. The van der Waals surface area contributed by atoms with Gasteiger partial charge < -0.3 is 41.0 Å². The number of hydrogen-bond acceptors (Lipinski definition) is 10. The van der Waals surface area contributed by atoms with Crippen LogP contribution in [0.5, 0.6) is 11.5 Å². The van der Waals surface area contributed by atoms with Crippen LogP contribution in [0.25, 0.3) is 0 Å². The van der Waals surface area contributed by atoms with Gasteiger partial charge >= 0.3 is 11.9 Å². The maximum Gasteiger partial charge on any atom is 0.331 e. The summed E-state index contributed by atoms with van der Waals surface area (Å²) in [4.78, 5) is 61.3. The molecule has 2 aliphatic heterocycles. The van der Waals surface area contributed by atoms with Gasteiger partial charge in [-0.1, -0.05) is 30.8 Å². The average molecular weight is 579 g/mol. The molecule has 0 saturated carbocycles. The molecule has 0 spiro atoms. The normalized spacial score (nSPS) is 22.0. The third-order valence-electron chi connectivity index (χ3n) is 6.57. The fourth-order valence-corrected chi connectivity index (χ4v) is 4.28. The number of phenolic OH excluding ortho intramolecular Hbond substituents is 2. The summed E-state index contributed by atoms with van der Waals surface area (Å²) >= 11 is 0. The summed E-state index contributed by atoms with van der Waals surface area (Å²) in [5.74, 6) is -3.04. The number of esters is 2. The third-order valence-corrected chi connectivity index (χ3v) is 6.57. The minimum Gasteiger partial charge on any atom is -0.508 e. The zero-order valence-electron chi connectivity index (χ0n) is 22.4. The molecule has 6 N–H and O–H groups in total. The zero-order chi connectivity index (χ0) is 30.2. The van der Waals surface area contributed by atoms with Crippen LogP contribution in [-0.4, -0.2) is 77.3 Å². The second-order valence-electron chi connectivity index (χ2n) is 9.74. The predicted molar refractivity (Wildman–Crippen MR) is 147 cm³/mol. The maximum absolute atomic E-state index is 12.5. The van der Waals surface area contributed by atoms with E-state index in [-0.39, 0.29) is 24.5 Å². The molecule has 13 nitrogen and oxygen atoms in total. The maximum atomic E-state index is 12.5. The van der Waals surface area contributed by atoms with E-state index in [1.165, 1.54) is 12.1 Å². The fraction of sp³-hybridized carbons (Fsp3) is 0.276. The summed E-state index contributed by atoms with van der Waals surface area (Å²) in [6.45, 7) is 3.14. The summed E-state index contributed by atoms with van der Waals surface area (Å²) in [7, 11) is 0. The van der Waals surface area contributed by atoms with Gasteiger partial charge in [0.2, 0.25) is 17.7 Å². The van der Waals surface area contributed by atoms with E-state index >= 15 is 0 Å². The van der Waals surface area contributed by atoms with Crippen molar-refractivity contribution in [3.05, 3.63) is 84.1 Å². The van der Waals surface area contributed by atoms with E-state index in [1.54, 1.807) is 36.4 Å². The predicted octanol–water partition coefficient (Wildman–Crippen LogP) is -0.521. The van der Waals surface area contributed by atoms with Crippen LogP contribution in [0, 0.1) is 0 Å². The van der Waals surface area contributed by atoms with Crippen molar-refractivity contribution in [3.8, 4) is 11.5 Å². The molecule has 0 aliphatic carbocycles. The lowest BCUT2D eigenvalue weighted by Crippen LogP contribution is -2.63. The molecule has 2 aliphatic rings. The Hall–Kier alpha value is -5.33. The summed E-state index contributed by atoms with van der Waals surface area (Å²) in [5.41, 5.74) is 2.13. The highest BCUT2D eigenvalue weighted by molar-refractivity contribution is 5.97. The number of aromatic hydroxyl groups is 2. The van der Waals surface area contributed by atoms with Crippen molar-refractivity contribution in [2.24, 2.45) is 0 Å². The Kier molecular flexibility index (Phi) is 9.42. The molecule has 0 radical (unpaired) electrons. The highest BCUT2D eigenvalue weighted by atomic mass is 16.5. The number of benzene rings is 2. The van der Waals surface area contributed by atoms with Crippen LogP contribution >= 0.6 is 0 Å². The number of piperazine rings is 2. The first-order valence-corrected chi connectivity index (χ1v) is 13.0. The smallest absolute Gasteiger partial charge is 0.331 e. The Morgan fingerprint density at radius 2 is 1.02 bits per heavy atom. The zero-order valence-corrected chi connectivity index (χ0v) is 22.4. The SMILES string of the molecule is C=C1N[C@@H](COC(=O)/C=C/C(=O)OC[C@@H]2NC(=O)[C@H](Cc3ccc(O)cc3)NC2=O)C(=O)N[C@H]1Cc1ccc(O)cc1. The lowest BCUT2D eigenvalue weighted by atomic mass is 10.0.